The number of esters is 1. The van der Waals surface area contributed by atoms with Crippen LogP contribution in [0.4, 0.5) is 0 Å². The minimum absolute atomic E-state index is 0.136. The van der Waals surface area contributed by atoms with E-state index in [0.717, 1.165) is 0 Å². The number of carbonyl (C=O) groups is 1. The summed E-state index contributed by atoms with van der Waals surface area (Å²) in [6.45, 7) is 2.50. The Morgan fingerprint density at radius 2 is 1.83 bits per heavy atom. The van der Waals surface area contributed by atoms with Crippen LogP contribution in [0.1, 0.15) is 6.92 Å². The molecule has 8 heteroatoms. The molecule has 0 atom stereocenters. The largest absolute Gasteiger partial charge is 0.493 e. The number of methoxy groups -OCH3 is 2. The van der Waals surface area contributed by atoms with Gasteiger partial charge in [0, 0.05) is 7.11 Å². The second-order valence-electron chi connectivity index (χ2n) is 6.19. The Bertz CT molecular complexity index is 1110. The van der Waals surface area contributed by atoms with Crippen molar-refractivity contribution in [2.24, 2.45) is 0 Å². The van der Waals surface area contributed by atoms with Crippen molar-refractivity contribution in [2.45, 2.75) is 13.5 Å². The number of para-hydroxylation sites is 1. The normalized spacial score (nSPS) is 11.0. The molecule has 7 nitrogen and oxygen atoms in total. The Labute approximate surface area is 172 Å². The molecule has 0 saturated heterocycles. The van der Waals surface area contributed by atoms with Crippen molar-refractivity contribution in [2.75, 3.05) is 34.0 Å². The number of benzene rings is 2. The minimum Gasteiger partial charge on any atom is -0.493 e. The van der Waals surface area contributed by atoms with Crippen molar-refractivity contribution in [3.05, 3.63) is 45.6 Å². The smallest absolute Gasteiger partial charge is 0.325 e. The molecular formula is C21H22ClNO6. The molecule has 3 aromatic rings. The number of rotatable bonds is 8. The zero-order valence-electron chi connectivity index (χ0n) is 16.5. The molecule has 0 spiro atoms. The summed E-state index contributed by atoms with van der Waals surface area (Å²) >= 11 is 6.31. The summed E-state index contributed by atoms with van der Waals surface area (Å²) < 4.78 is 23.2. The van der Waals surface area contributed by atoms with E-state index in [4.69, 9.17) is 30.5 Å². The monoisotopic (exact) mass is 419 g/mol. The summed E-state index contributed by atoms with van der Waals surface area (Å²) in [5.41, 5.74) is 0.672. The molecule has 29 heavy (non-hydrogen) atoms. The predicted octanol–water partition coefficient (Wildman–Crippen LogP) is 3.41. The Morgan fingerprint density at radius 3 is 2.52 bits per heavy atom. The molecule has 1 heterocycles. The van der Waals surface area contributed by atoms with E-state index in [2.05, 4.69) is 0 Å². The molecule has 0 radical (unpaired) electrons. The summed E-state index contributed by atoms with van der Waals surface area (Å²) in [6.07, 6.45) is 0. The molecule has 3 rings (SSSR count). The average Bonchev–Trinajstić information content (AvgIpc) is 2.71. The average molecular weight is 420 g/mol. The lowest BCUT2D eigenvalue weighted by Gasteiger charge is -2.19. The molecule has 0 saturated carbocycles. The third kappa shape index (κ3) is 4.02. The van der Waals surface area contributed by atoms with Crippen molar-refractivity contribution in [1.29, 1.82) is 0 Å². The first-order valence-electron chi connectivity index (χ1n) is 9.12. The number of pyridine rings is 1. The molecule has 2 aromatic carbocycles. The molecule has 0 fully saturated rings. The lowest BCUT2D eigenvalue weighted by molar-refractivity contribution is -0.143. The van der Waals surface area contributed by atoms with Crippen LogP contribution in [0.5, 0.6) is 11.5 Å². The van der Waals surface area contributed by atoms with Gasteiger partial charge >= 0.3 is 5.97 Å². The summed E-state index contributed by atoms with van der Waals surface area (Å²) in [7, 11) is 3.04. The van der Waals surface area contributed by atoms with Crippen molar-refractivity contribution in [3.63, 3.8) is 0 Å². The topological polar surface area (TPSA) is 76.0 Å². The highest BCUT2D eigenvalue weighted by Crippen LogP contribution is 2.36. The first-order valence-corrected chi connectivity index (χ1v) is 9.50. The number of ether oxygens (including phenoxy) is 4. The van der Waals surface area contributed by atoms with Crippen molar-refractivity contribution >= 4 is 39.4 Å². The van der Waals surface area contributed by atoms with Crippen LogP contribution in [0.15, 0.2) is 35.1 Å². The zero-order valence-corrected chi connectivity index (χ0v) is 17.2. The quantitative estimate of drug-likeness (QED) is 0.316. The molecule has 0 N–H and O–H groups in total. The van der Waals surface area contributed by atoms with Gasteiger partial charge in [0.1, 0.15) is 18.9 Å². The van der Waals surface area contributed by atoms with E-state index < -0.39 is 5.97 Å². The van der Waals surface area contributed by atoms with Gasteiger partial charge in [-0.15, -0.1) is 0 Å². The van der Waals surface area contributed by atoms with Crippen LogP contribution in [0, 0.1) is 0 Å². The van der Waals surface area contributed by atoms with Crippen molar-refractivity contribution < 1.29 is 23.7 Å². The highest BCUT2D eigenvalue weighted by molar-refractivity contribution is 6.33. The fraction of sp³-hybridized carbons (Fsp3) is 0.333. The van der Waals surface area contributed by atoms with E-state index in [1.54, 1.807) is 48.9 Å². The molecule has 0 aliphatic heterocycles. The van der Waals surface area contributed by atoms with Gasteiger partial charge in [0.05, 0.1) is 47.2 Å². The van der Waals surface area contributed by atoms with E-state index in [0.29, 0.717) is 44.9 Å². The Morgan fingerprint density at radius 1 is 1.07 bits per heavy atom. The van der Waals surface area contributed by atoms with Crippen molar-refractivity contribution in [3.8, 4) is 11.5 Å². The number of aromatic nitrogens is 1. The van der Waals surface area contributed by atoms with E-state index in [9.17, 15) is 9.59 Å². The van der Waals surface area contributed by atoms with Gasteiger partial charge < -0.3 is 23.5 Å². The second kappa shape index (κ2) is 9.15. The summed E-state index contributed by atoms with van der Waals surface area (Å²) in [6, 6.07) is 8.40. The first kappa shape index (κ1) is 21.0. The number of fused-ring (bicyclic) bond motifs is 2. The Kier molecular flexibility index (Phi) is 6.61. The Hall–Kier alpha value is -2.77. The second-order valence-corrected chi connectivity index (χ2v) is 6.60. The maximum atomic E-state index is 13.2. The van der Waals surface area contributed by atoms with Gasteiger partial charge in [0.2, 0.25) is 0 Å². The molecular weight excluding hydrogens is 398 g/mol. The summed E-state index contributed by atoms with van der Waals surface area (Å²) in [5.74, 6) is 0.302. The van der Waals surface area contributed by atoms with Crippen molar-refractivity contribution in [1.82, 2.24) is 4.57 Å². The number of halogens is 1. The maximum Gasteiger partial charge on any atom is 0.325 e. The van der Waals surface area contributed by atoms with E-state index >= 15 is 0 Å². The Balaban J connectivity index is 2.41. The van der Waals surface area contributed by atoms with Gasteiger partial charge in [-0.1, -0.05) is 17.7 Å². The maximum absolute atomic E-state index is 13.2. The number of hydrogen-bond acceptors (Lipinski definition) is 6. The lowest BCUT2D eigenvalue weighted by atomic mass is 10.1. The first-order chi connectivity index (χ1) is 14.0. The van der Waals surface area contributed by atoms with Crippen LogP contribution in [0.25, 0.3) is 21.8 Å². The minimum atomic E-state index is -0.451. The molecule has 154 valence electrons. The fourth-order valence-electron chi connectivity index (χ4n) is 3.28. The molecule has 0 aliphatic carbocycles. The van der Waals surface area contributed by atoms with Gasteiger partial charge in [-0.25, -0.2) is 0 Å². The lowest BCUT2D eigenvalue weighted by Crippen LogP contribution is -2.19. The predicted molar refractivity (Wildman–Crippen MR) is 111 cm³/mol. The highest BCUT2D eigenvalue weighted by Gasteiger charge is 2.21. The molecule has 0 unspecified atom stereocenters. The van der Waals surface area contributed by atoms with Crippen LogP contribution in [0.2, 0.25) is 5.02 Å². The van der Waals surface area contributed by atoms with Gasteiger partial charge in [-0.3, -0.25) is 9.59 Å². The molecule has 1 aromatic heterocycles. The number of hydrogen-bond donors (Lipinski definition) is 0. The van der Waals surface area contributed by atoms with E-state index in [1.165, 1.54) is 7.11 Å². The molecule has 0 aliphatic rings. The van der Waals surface area contributed by atoms with Crippen LogP contribution >= 0.6 is 11.6 Å². The summed E-state index contributed by atoms with van der Waals surface area (Å²) in [4.78, 5) is 25.6. The van der Waals surface area contributed by atoms with Crippen LogP contribution in [-0.2, 0) is 20.8 Å². The zero-order chi connectivity index (χ0) is 21.0. The fourth-order valence-corrected chi connectivity index (χ4v) is 3.51. The highest BCUT2D eigenvalue weighted by atomic mass is 35.5. The number of carbonyl (C=O) groups excluding carboxylic acids is 1. The third-order valence-corrected chi connectivity index (χ3v) is 4.75. The molecule has 0 amide bonds. The van der Waals surface area contributed by atoms with E-state index in [-0.39, 0.29) is 25.2 Å². The number of nitrogens with zero attached hydrogens (tertiary/aromatic N) is 1. The summed E-state index contributed by atoms with van der Waals surface area (Å²) in [5, 5.41) is 1.13. The van der Waals surface area contributed by atoms with Crippen LogP contribution in [0.3, 0.4) is 0 Å². The van der Waals surface area contributed by atoms with Crippen LogP contribution < -0.4 is 14.9 Å². The van der Waals surface area contributed by atoms with Gasteiger partial charge in [0.25, 0.3) is 0 Å². The standard InChI is InChI=1S/C21H22ClNO6/c1-4-28-17(24)12-23-18-13(6-5-7-16(18)29-11-10-26-2)20(25)14-8-9-15(22)21(27-3)19(14)23/h5-9H,4,10-12H2,1-3H3. The van der Waals surface area contributed by atoms with Gasteiger partial charge in [0.15, 0.2) is 11.2 Å². The molecule has 0 bridgehead atoms. The van der Waals surface area contributed by atoms with Gasteiger partial charge in [-0.05, 0) is 31.2 Å². The van der Waals surface area contributed by atoms with E-state index in [1.807, 2.05) is 0 Å². The SMILES string of the molecule is CCOC(=O)Cn1c2c(OCCOC)cccc2c(=O)c2ccc(Cl)c(OC)c21. The van der Waals surface area contributed by atoms with Crippen LogP contribution in [-0.4, -0.2) is 44.6 Å². The third-order valence-electron chi connectivity index (χ3n) is 4.45. The van der Waals surface area contributed by atoms with Gasteiger partial charge in [-0.2, -0.15) is 0 Å².